The largest absolute Gasteiger partial charge is 0.356 e. The van der Waals surface area contributed by atoms with Gasteiger partial charge in [-0.2, -0.15) is 5.10 Å². The molecule has 0 aliphatic carbocycles. The van der Waals surface area contributed by atoms with Gasteiger partial charge in [0.2, 0.25) is 5.56 Å². The highest BCUT2D eigenvalue weighted by Gasteiger charge is 2.01. The Hall–Kier alpha value is -2.57. The second-order valence-corrected chi connectivity index (χ2v) is 6.37. The number of pyridine rings is 1. The summed E-state index contributed by atoms with van der Waals surface area (Å²) >= 11 is 0. The van der Waals surface area contributed by atoms with Crippen LogP contribution in [0.25, 0.3) is 0 Å². The van der Waals surface area contributed by atoms with Crippen molar-refractivity contribution >= 4 is 5.96 Å². The fourth-order valence-electron chi connectivity index (χ4n) is 2.82. The summed E-state index contributed by atoms with van der Waals surface area (Å²) in [5.74, 6) is 0.815. The van der Waals surface area contributed by atoms with Crippen LogP contribution in [0, 0.1) is 13.8 Å². The first-order valence-corrected chi connectivity index (χ1v) is 9.21. The van der Waals surface area contributed by atoms with Crippen molar-refractivity contribution in [3.8, 4) is 0 Å². The highest BCUT2D eigenvalue weighted by Crippen LogP contribution is 2.02. The zero-order valence-electron chi connectivity index (χ0n) is 16.0. The molecule has 0 aromatic carbocycles. The number of aryl methyl sites for hydroxylation is 4. The first-order chi connectivity index (χ1) is 12.6. The lowest BCUT2D eigenvalue weighted by molar-refractivity contribution is 0.553. The van der Waals surface area contributed by atoms with Crippen LogP contribution in [0.2, 0.25) is 0 Å². The van der Waals surface area contributed by atoms with E-state index in [0.29, 0.717) is 0 Å². The Morgan fingerprint density at radius 2 is 1.88 bits per heavy atom. The molecule has 2 N–H and O–H groups in total. The standard InChI is InChI=1S/C19H30N6O/c1-16-15-17(2)25(23-16)14-8-11-22-19(20-3)21-10-5-7-13-24-12-6-4-9-18(24)26/h4,6,9,12,15H,5,7-8,10-11,13-14H2,1-3H3,(H2,20,21,22). The van der Waals surface area contributed by atoms with Crippen LogP contribution in [-0.2, 0) is 13.1 Å². The van der Waals surface area contributed by atoms with E-state index in [4.69, 9.17) is 0 Å². The van der Waals surface area contributed by atoms with Crippen LogP contribution in [0.15, 0.2) is 40.2 Å². The fourth-order valence-corrected chi connectivity index (χ4v) is 2.82. The number of hydrogen-bond acceptors (Lipinski definition) is 3. The Morgan fingerprint density at radius 1 is 1.12 bits per heavy atom. The SMILES string of the molecule is CN=C(NCCCCn1ccccc1=O)NCCCn1nc(C)cc1C. The summed E-state index contributed by atoms with van der Waals surface area (Å²) in [6.45, 7) is 7.42. The van der Waals surface area contributed by atoms with Gasteiger partial charge < -0.3 is 15.2 Å². The molecule has 0 saturated carbocycles. The van der Waals surface area contributed by atoms with E-state index in [0.717, 1.165) is 57.1 Å². The van der Waals surface area contributed by atoms with Crippen molar-refractivity contribution in [3.05, 3.63) is 52.2 Å². The van der Waals surface area contributed by atoms with Crippen LogP contribution < -0.4 is 16.2 Å². The van der Waals surface area contributed by atoms with E-state index < -0.39 is 0 Å². The molecule has 0 radical (unpaired) electrons. The number of hydrogen-bond donors (Lipinski definition) is 2. The molecule has 0 fully saturated rings. The minimum absolute atomic E-state index is 0.0561. The van der Waals surface area contributed by atoms with Crippen molar-refractivity contribution in [2.24, 2.45) is 4.99 Å². The molecule has 2 aromatic heterocycles. The topological polar surface area (TPSA) is 76.2 Å². The van der Waals surface area contributed by atoms with E-state index in [1.165, 1.54) is 5.69 Å². The molecule has 0 unspecified atom stereocenters. The minimum Gasteiger partial charge on any atom is -0.356 e. The van der Waals surface area contributed by atoms with Crippen LogP contribution in [0.3, 0.4) is 0 Å². The second-order valence-electron chi connectivity index (χ2n) is 6.37. The summed E-state index contributed by atoms with van der Waals surface area (Å²) in [4.78, 5) is 15.9. The molecule has 0 aliphatic heterocycles. The Bertz CT molecular complexity index is 761. The van der Waals surface area contributed by atoms with E-state index in [9.17, 15) is 4.79 Å². The summed E-state index contributed by atoms with van der Waals surface area (Å²) in [6, 6.07) is 7.34. The smallest absolute Gasteiger partial charge is 0.250 e. The van der Waals surface area contributed by atoms with Crippen LogP contribution in [0.1, 0.15) is 30.7 Å². The van der Waals surface area contributed by atoms with Gasteiger partial charge in [-0.3, -0.25) is 14.5 Å². The molecule has 2 heterocycles. The number of unbranched alkanes of at least 4 members (excludes halogenated alkanes) is 1. The molecule has 142 valence electrons. The van der Waals surface area contributed by atoms with Crippen LogP contribution in [0.5, 0.6) is 0 Å². The first-order valence-electron chi connectivity index (χ1n) is 9.21. The summed E-state index contributed by atoms with van der Waals surface area (Å²) in [5.41, 5.74) is 2.31. The van der Waals surface area contributed by atoms with Gasteiger partial charge in [-0.15, -0.1) is 0 Å². The molecule has 0 amide bonds. The van der Waals surface area contributed by atoms with Crippen molar-refractivity contribution in [2.45, 2.75) is 46.2 Å². The van der Waals surface area contributed by atoms with E-state index in [1.54, 1.807) is 23.7 Å². The molecule has 26 heavy (non-hydrogen) atoms. The molecule has 0 atom stereocenters. The first kappa shape index (κ1) is 19.8. The quantitative estimate of drug-likeness (QED) is 0.406. The molecule has 2 aromatic rings. The molecular weight excluding hydrogens is 328 g/mol. The third-order valence-electron chi connectivity index (χ3n) is 4.18. The van der Waals surface area contributed by atoms with Gasteiger partial charge in [-0.25, -0.2) is 0 Å². The van der Waals surface area contributed by atoms with Crippen LogP contribution in [0.4, 0.5) is 0 Å². The fraction of sp³-hybridized carbons (Fsp3) is 0.526. The van der Waals surface area contributed by atoms with Gasteiger partial charge in [0.05, 0.1) is 5.69 Å². The van der Waals surface area contributed by atoms with E-state index in [-0.39, 0.29) is 5.56 Å². The lowest BCUT2D eigenvalue weighted by atomic mass is 10.3. The third-order valence-corrected chi connectivity index (χ3v) is 4.18. The maximum absolute atomic E-state index is 11.6. The minimum atomic E-state index is 0.0561. The average Bonchev–Trinajstić information content (AvgIpc) is 2.95. The van der Waals surface area contributed by atoms with Gasteiger partial charge in [0.1, 0.15) is 0 Å². The number of aromatic nitrogens is 3. The molecule has 0 saturated heterocycles. The van der Waals surface area contributed by atoms with Crippen LogP contribution in [-0.4, -0.2) is 40.4 Å². The highest BCUT2D eigenvalue weighted by atomic mass is 16.1. The molecule has 0 bridgehead atoms. The van der Waals surface area contributed by atoms with Crippen molar-refractivity contribution in [2.75, 3.05) is 20.1 Å². The van der Waals surface area contributed by atoms with Crippen LogP contribution >= 0.6 is 0 Å². The number of aliphatic imine (C=N–C) groups is 1. The van der Waals surface area contributed by atoms with E-state index in [1.807, 2.05) is 23.9 Å². The van der Waals surface area contributed by atoms with Crippen molar-refractivity contribution in [1.29, 1.82) is 0 Å². The Labute approximate surface area is 155 Å². The molecule has 2 rings (SSSR count). The van der Waals surface area contributed by atoms with Crippen molar-refractivity contribution in [1.82, 2.24) is 25.0 Å². The monoisotopic (exact) mass is 358 g/mol. The summed E-state index contributed by atoms with van der Waals surface area (Å²) in [5, 5.41) is 11.1. The average molecular weight is 358 g/mol. The highest BCUT2D eigenvalue weighted by molar-refractivity contribution is 5.79. The van der Waals surface area contributed by atoms with Gasteiger partial charge in [0.25, 0.3) is 0 Å². The van der Waals surface area contributed by atoms with Crippen molar-refractivity contribution in [3.63, 3.8) is 0 Å². The molecular formula is C19H30N6O. The zero-order chi connectivity index (χ0) is 18.8. The summed E-state index contributed by atoms with van der Waals surface area (Å²) in [6.07, 6.45) is 4.75. The van der Waals surface area contributed by atoms with Gasteiger partial charge in [-0.05, 0) is 45.2 Å². The van der Waals surface area contributed by atoms with Gasteiger partial charge in [0.15, 0.2) is 5.96 Å². The van der Waals surface area contributed by atoms with E-state index >= 15 is 0 Å². The number of nitrogens with zero attached hydrogens (tertiary/aromatic N) is 4. The number of guanidine groups is 1. The maximum Gasteiger partial charge on any atom is 0.250 e. The maximum atomic E-state index is 11.6. The lowest BCUT2D eigenvalue weighted by Crippen LogP contribution is -2.38. The Morgan fingerprint density at radius 3 is 2.54 bits per heavy atom. The third kappa shape index (κ3) is 6.38. The van der Waals surface area contributed by atoms with Gasteiger partial charge >= 0.3 is 0 Å². The second kappa shape index (κ2) is 10.4. The number of nitrogens with one attached hydrogen (secondary N) is 2. The number of rotatable bonds is 9. The normalized spacial score (nSPS) is 11.6. The summed E-state index contributed by atoms with van der Waals surface area (Å²) < 4.78 is 3.78. The molecule has 0 aliphatic rings. The summed E-state index contributed by atoms with van der Waals surface area (Å²) in [7, 11) is 1.78. The van der Waals surface area contributed by atoms with Gasteiger partial charge in [0, 0.05) is 51.2 Å². The zero-order valence-corrected chi connectivity index (χ0v) is 16.0. The Kier molecular flexibility index (Phi) is 7.92. The predicted molar refractivity (Wildman–Crippen MR) is 106 cm³/mol. The molecule has 0 spiro atoms. The van der Waals surface area contributed by atoms with E-state index in [2.05, 4.69) is 33.7 Å². The van der Waals surface area contributed by atoms with Gasteiger partial charge in [-0.1, -0.05) is 6.07 Å². The Balaban J connectivity index is 1.58. The molecule has 7 heteroatoms. The van der Waals surface area contributed by atoms with Crippen molar-refractivity contribution < 1.29 is 0 Å². The molecule has 7 nitrogen and oxygen atoms in total. The lowest BCUT2D eigenvalue weighted by Gasteiger charge is -2.12. The predicted octanol–water partition coefficient (Wildman–Crippen LogP) is 1.70.